The van der Waals surface area contributed by atoms with Crippen LogP contribution >= 0.6 is 0 Å². The SMILES string of the molecule is CC(C)COC(=O)c1[nH]c2ccc(F)cc2c1-c1cn(CC2CCN(CCNS(=O)(=O)c3ccc(-c4cccnc4F)cc3)CC2)nn1. The van der Waals surface area contributed by atoms with Crippen LogP contribution in [0.3, 0.4) is 0 Å². The highest BCUT2D eigenvalue weighted by Crippen LogP contribution is 2.33. The Balaban J connectivity index is 1.02. The maximum atomic E-state index is 14.2. The lowest BCUT2D eigenvalue weighted by atomic mass is 9.97. The van der Waals surface area contributed by atoms with Gasteiger partial charge in [-0.1, -0.05) is 31.2 Å². The van der Waals surface area contributed by atoms with E-state index in [4.69, 9.17) is 4.74 Å². The summed E-state index contributed by atoms with van der Waals surface area (Å²) in [5, 5.41) is 9.18. The van der Waals surface area contributed by atoms with Crippen LogP contribution in [-0.4, -0.2) is 77.0 Å². The first-order valence-corrected chi connectivity index (χ1v) is 17.4. The van der Waals surface area contributed by atoms with E-state index in [2.05, 4.69) is 29.9 Å². The standard InChI is InChI=1S/C34H37F2N7O4S/c1-22(2)21-47-34(44)32-31(28-18-25(35)7-10-29(28)39-32)30-20-43(41-40-30)19-23-11-15-42(16-12-23)17-14-38-48(45,46)26-8-5-24(6-9-26)27-4-3-13-37-33(27)36/h3-10,13,18,20,22-23,38-39H,11-12,14-17,19,21H2,1-2H3. The molecule has 48 heavy (non-hydrogen) atoms. The summed E-state index contributed by atoms with van der Waals surface area (Å²) in [6.45, 7) is 7.18. The Kier molecular flexibility index (Phi) is 9.94. The van der Waals surface area contributed by atoms with Crippen molar-refractivity contribution in [2.45, 2.75) is 38.1 Å². The smallest absolute Gasteiger partial charge is 0.355 e. The molecule has 0 aliphatic carbocycles. The number of piperidine rings is 1. The maximum absolute atomic E-state index is 14.2. The van der Waals surface area contributed by atoms with E-state index >= 15 is 0 Å². The Morgan fingerprint density at radius 2 is 1.88 bits per heavy atom. The summed E-state index contributed by atoms with van der Waals surface area (Å²) in [4.78, 5) is 22.0. The number of hydrogen-bond acceptors (Lipinski definition) is 8. The van der Waals surface area contributed by atoms with Crippen molar-refractivity contribution in [3.8, 4) is 22.4 Å². The third kappa shape index (κ3) is 7.61. The molecule has 2 N–H and O–H groups in total. The molecule has 11 nitrogen and oxygen atoms in total. The molecule has 1 fully saturated rings. The zero-order valence-corrected chi connectivity index (χ0v) is 27.5. The number of nitrogens with one attached hydrogen (secondary N) is 2. The van der Waals surface area contributed by atoms with Crippen LogP contribution in [0.1, 0.15) is 37.2 Å². The van der Waals surface area contributed by atoms with Gasteiger partial charge in [0.25, 0.3) is 0 Å². The van der Waals surface area contributed by atoms with Gasteiger partial charge in [0, 0.05) is 47.9 Å². The van der Waals surface area contributed by atoms with E-state index in [0.29, 0.717) is 52.3 Å². The number of carbonyl (C=O) groups excluding carboxylic acids is 1. The van der Waals surface area contributed by atoms with Crippen LogP contribution in [0, 0.1) is 23.6 Å². The van der Waals surface area contributed by atoms with Gasteiger partial charge in [-0.3, -0.25) is 4.68 Å². The van der Waals surface area contributed by atoms with Gasteiger partial charge >= 0.3 is 5.97 Å². The number of benzene rings is 2. The summed E-state index contributed by atoms with van der Waals surface area (Å²) in [5.74, 6) is -1.09. The van der Waals surface area contributed by atoms with E-state index in [1.165, 1.54) is 30.5 Å². The lowest BCUT2D eigenvalue weighted by Gasteiger charge is -2.31. The maximum Gasteiger partial charge on any atom is 0.355 e. The number of ether oxygens (including phenoxy) is 1. The first-order chi connectivity index (χ1) is 23.1. The predicted molar refractivity (Wildman–Crippen MR) is 176 cm³/mol. The second-order valence-electron chi connectivity index (χ2n) is 12.4. The Morgan fingerprint density at radius 3 is 2.60 bits per heavy atom. The van der Waals surface area contributed by atoms with Gasteiger partial charge < -0.3 is 14.6 Å². The highest BCUT2D eigenvalue weighted by molar-refractivity contribution is 7.89. The van der Waals surface area contributed by atoms with Crippen molar-refractivity contribution in [3.05, 3.63) is 84.4 Å². The fourth-order valence-corrected chi connectivity index (χ4v) is 6.91. The van der Waals surface area contributed by atoms with Crippen molar-refractivity contribution >= 4 is 26.9 Å². The molecular formula is C34H37F2N7O4S. The van der Waals surface area contributed by atoms with Crippen LogP contribution in [0.4, 0.5) is 8.78 Å². The summed E-state index contributed by atoms with van der Waals surface area (Å²) in [6, 6.07) is 13.6. The molecule has 0 unspecified atom stereocenters. The average molecular weight is 678 g/mol. The largest absolute Gasteiger partial charge is 0.461 e. The molecule has 0 radical (unpaired) electrons. The number of aromatic amines is 1. The third-order valence-electron chi connectivity index (χ3n) is 8.41. The summed E-state index contributed by atoms with van der Waals surface area (Å²) in [7, 11) is -3.73. The van der Waals surface area contributed by atoms with Gasteiger partial charge in [0.15, 0.2) is 0 Å². The fourth-order valence-electron chi connectivity index (χ4n) is 5.89. The van der Waals surface area contributed by atoms with Gasteiger partial charge in [0.2, 0.25) is 16.0 Å². The summed E-state index contributed by atoms with van der Waals surface area (Å²) in [6.07, 6.45) is 4.91. The average Bonchev–Trinajstić information content (AvgIpc) is 3.68. The number of esters is 1. The number of nitrogens with zero attached hydrogens (tertiary/aromatic N) is 5. The number of aromatic nitrogens is 5. The van der Waals surface area contributed by atoms with E-state index in [9.17, 15) is 22.0 Å². The lowest BCUT2D eigenvalue weighted by molar-refractivity contribution is 0.0454. The number of fused-ring (bicyclic) bond motifs is 1. The third-order valence-corrected chi connectivity index (χ3v) is 9.89. The second-order valence-corrected chi connectivity index (χ2v) is 14.2. The van der Waals surface area contributed by atoms with Crippen molar-refractivity contribution in [2.24, 2.45) is 11.8 Å². The lowest BCUT2D eigenvalue weighted by Crippen LogP contribution is -2.40. The minimum Gasteiger partial charge on any atom is -0.461 e. The first-order valence-electron chi connectivity index (χ1n) is 15.9. The highest BCUT2D eigenvalue weighted by Gasteiger charge is 2.25. The van der Waals surface area contributed by atoms with Crippen LogP contribution in [0.25, 0.3) is 33.3 Å². The Bertz CT molecular complexity index is 2000. The van der Waals surface area contributed by atoms with Crippen molar-refractivity contribution in [1.29, 1.82) is 0 Å². The number of halogens is 2. The second kappa shape index (κ2) is 14.3. The summed E-state index contributed by atoms with van der Waals surface area (Å²) >= 11 is 0. The van der Waals surface area contributed by atoms with E-state index in [1.807, 2.05) is 13.8 Å². The Labute approximate surface area is 277 Å². The molecule has 3 aromatic heterocycles. The molecule has 14 heteroatoms. The minimum absolute atomic E-state index is 0.110. The molecule has 1 aliphatic rings. The highest BCUT2D eigenvalue weighted by atomic mass is 32.2. The van der Waals surface area contributed by atoms with Crippen LogP contribution in [0.15, 0.2) is 71.9 Å². The molecule has 1 aliphatic heterocycles. The van der Waals surface area contributed by atoms with Crippen LogP contribution in [-0.2, 0) is 21.3 Å². The zero-order valence-electron chi connectivity index (χ0n) is 26.7. The van der Waals surface area contributed by atoms with E-state index in [-0.39, 0.29) is 29.7 Å². The molecule has 0 amide bonds. The molecule has 0 saturated carbocycles. The Morgan fingerprint density at radius 1 is 1.10 bits per heavy atom. The van der Waals surface area contributed by atoms with E-state index in [0.717, 1.165) is 25.9 Å². The molecule has 5 aromatic rings. The Hall–Kier alpha value is -4.53. The number of sulfonamides is 1. The molecule has 0 bridgehead atoms. The van der Waals surface area contributed by atoms with Crippen LogP contribution < -0.4 is 4.72 Å². The fraction of sp³-hybridized carbons (Fsp3) is 0.353. The molecule has 0 atom stereocenters. The van der Waals surface area contributed by atoms with Gasteiger partial charge in [-0.25, -0.2) is 27.3 Å². The van der Waals surface area contributed by atoms with Crippen LogP contribution in [0.2, 0.25) is 0 Å². The molecule has 0 spiro atoms. The number of rotatable bonds is 12. The summed E-state index contributed by atoms with van der Waals surface area (Å²) < 4.78 is 63.8. The van der Waals surface area contributed by atoms with E-state index < -0.39 is 27.8 Å². The topological polar surface area (TPSA) is 135 Å². The number of likely N-dealkylation sites (tertiary alicyclic amines) is 1. The van der Waals surface area contributed by atoms with Gasteiger partial charge in [0.05, 0.1) is 17.7 Å². The number of H-pyrrole nitrogens is 1. The molecular weight excluding hydrogens is 640 g/mol. The van der Waals surface area contributed by atoms with Gasteiger partial charge in [-0.05, 0) is 85.8 Å². The number of hydrogen-bond donors (Lipinski definition) is 2. The molecule has 2 aromatic carbocycles. The minimum atomic E-state index is -3.73. The van der Waals surface area contributed by atoms with Gasteiger partial charge in [-0.2, -0.15) is 4.39 Å². The van der Waals surface area contributed by atoms with Gasteiger partial charge in [-0.15, -0.1) is 5.10 Å². The summed E-state index contributed by atoms with van der Waals surface area (Å²) in [5.41, 5.74) is 2.57. The van der Waals surface area contributed by atoms with Crippen molar-refractivity contribution in [1.82, 2.24) is 34.6 Å². The molecule has 6 rings (SSSR count). The van der Waals surface area contributed by atoms with Gasteiger partial charge in [0.1, 0.15) is 17.2 Å². The van der Waals surface area contributed by atoms with Crippen molar-refractivity contribution in [3.63, 3.8) is 0 Å². The number of carbonyl (C=O) groups is 1. The monoisotopic (exact) mass is 677 g/mol. The zero-order chi connectivity index (χ0) is 33.8. The number of pyridine rings is 1. The quantitative estimate of drug-likeness (QED) is 0.135. The molecule has 252 valence electrons. The normalized spacial score (nSPS) is 14.6. The molecule has 4 heterocycles. The van der Waals surface area contributed by atoms with E-state index in [1.54, 1.807) is 41.2 Å². The predicted octanol–water partition coefficient (Wildman–Crippen LogP) is 5.27. The van der Waals surface area contributed by atoms with Crippen LogP contribution in [0.5, 0.6) is 0 Å². The molecule has 1 saturated heterocycles. The van der Waals surface area contributed by atoms with Crippen molar-refractivity contribution in [2.75, 3.05) is 32.8 Å². The van der Waals surface area contributed by atoms with Crippen molar-refractivity contribution < 1.29 is 26.7 Å². The first kappa shape index (κ1) is 33.4.